The molecule has 0 amide bonds. The van der Waals surface area contributed by atoms with Crippen LogP contribution in [-0.4, -0.2) is 4.98 Å². The van der Waals surface area contributed by atoms with Gasteiger partial charge in [-0.3, -0.25) is 4.98 Å². The van der Waals surface area contributed by atoms with Gasteiger partial charge in [0.15, 0.2) is 0 Å². The lowest BCUT2D eigenvalue weighted by Gasteiger charge is -2.13. The average molecular weight is 282 g/mol. The van der Waals surface area contributed by atoms with Gasteiger partial charge in [0, 0.05) is 24.0 Å². The molecule has 0 unspecified atom stereocenters. The number of hydrogen-bond donors (Lipinski definition) is 0. The Kier molecular flexibility index (Phi) is 4.08. The molecule has 0 aliphatic rings. The second-order valence-electron chi connectivity index (χ2n) is 4.84. The van der Waals surface area contributed by atoms with Crippen molar-refractivity contribution in [2.24, 2.45) is 0 Å². The van der Waals surface area contributed by atoms with E-state index in [0.717, 1.165) is 27.8 Å². The first kappa shape index (κ1) is 13.8. The molecular formula is C20H14N2. The molecule has 0 aliphatic heterocycles. The maximum absolute atomic E-state index is 9.18. The van der Waals surface area contributed by atoms with Crippen LogP contribution in [0, 0.1) is 11.3 Å². The van der Waals surface area contributed by atoms with Gasteiger partial charge in [-0.05, 0) is 28.3 Å². The Balaban J connectivity index is 2.19. The molecule has 1 aromatic heterocycles. The fraction of sp³-hybridized carbons (Fsp3) is 0. The minimum atomic E-state index is 0.919. The van der Waals surface area contributed by atoms with Crippen molar-refractivity contribution in [3.63, 3.8) is 0 Å². The van der Waals surface area contributed by atoms with Crippen molar-refractivity contribution < 1.29 is 0 Å². The van der Waals surface area contributed by atoms with E-state index in [1.54, 1.807) is 12.3 Å². The summed E-state index contributed by atoms with van der Waals surface area (Å²) in [4.78, 5) is 4.20. The Hall–Kier alpha value is -3.18. The van der Waals surface area contributed by atoms with Crippen molar-refractivity contribution >= 4 is 5.57 Å². The Morgan fingerprint density at radius 1 is 0.909 bits per heavy atom. The summed E-state index contributed by atoms with van der Waals surface area (Å²) in [7, 11) is 0. The third kappa shape index (κ3) is 2.79. The van der Waals surface area contributed by atoms with Crippen molar-refractivity contribution in [1.82, 2.24) is 4.98 Å². The van der Waals surface area contributed by atoms with Crippen molar-refractivity contribution in [3.05, 3.63) is 96.3 Å². The van der Waals surface area contributed by atoms with E-state index in [2.05, 4.69) is 17.1 Å². The molecule has 22 heavy (non-hydrogen) atoms. The van der Waals surface area contributed by atoms with E-state index in [9.17, 15) is 5.26 Å². The molecule has 0 saturated carbocycles. The van der Waals surface area contributed by atoms with Crippen LogP contribution in [0.5, 0.6) is 0 Å². The molecule has 104 valence electrons. The van der Waals surface area contributed by atoms with Crippen LogP contribution >= 0.6 is 0 Å². The van der Waals surface area contributed by atoms with Crippen LogP contribution < -0.4 is 0 Å². The second-order valence-corrected chi connectivity index (χ2v) is 4.84. The molecule has 2 nitrogen and oxygen atoms in total. The predicted octanol–water partition coefficient (Wildman–Crippen LogP) is 4.70. The molecule has 0 N–H and O–H groups in total. The highest BCUT2D eigenvalue weighted by molar-refractivity contribution is 5.89. The van der Waals surface area contributed by atoms with Gasteiger partial charge in [-0.15, -0.1) is 0 Å². The number of allylic oxidation sites excluding steroid dienone is 1. The average Bonchev–Trinajstić information content (AvgIpc) is 2.61. The molecule has 0 spiro atoms. The summed E-state index contributed by atoms with van der Waals surface area (Å²) in [5, 5.41) is 9.18. The van der Waals surface area contributed by atoms with Crippen LogP contribution in [0.25, 0.3) is 16.7 Å². The highest BCUT2D eigenvalue weighted by Gasteiger charge is 2.11. The fourth-order valence-corrected chi connectivity index (χ4v) is 2.49. The van der Waals surface area contributed by atoms with Crippen LogP contribution in [0.15, 0.2) is 85.2 Å². The minimum absolute atomic E-state index is 0.919. The molecule has 3 rings (SSSR count). The number of nitriles is 1. The van der Waals surface area contributed by atoms with E-state index < -0.39 is 0 Å². The first-order valence-electron chi connectivity index (χ1n) is 7.05. The van der Waals surface area contributed by atoms with Gasteiger partial charge in [0.1, 0.15) is 0 Å². The molecule has 0 atom stereocenters. The minimum Gasteiger partial charge on any atom is -0.264 e. The van der Waals surface area contributed by atoms with Crippen molar-refractivity contribution in [2.45, 2.75) is 0 Å². The van der Waals surface area contributed by atoms with E-state index in [-0.39, 0.29) is 0 Å². The zero-order valence-electron chi connectivity index (χ0n) is 12.0. The molecule has 0 bridgehead atoms. The SMILES string of the molecule is N#CC=C(c1ccccc1)c1ccccc1-c1cccnc1. The van der Waals surface area contributed by atoms with Gasteiger partial charge < -0.3 is 0 Å². The molecule has 0 fully saturated rings. The number of pyridine rings is 1. The Bertz CT molecular complexity index is 828. The van der Waals surface area contributed by atoms with Gasteiger partial charge in [0.25, 0.3) is 0 Å². The van der Waals surface area contributed by atoms with E-state index in [4.69, 9.17) is 0 Å². The monoisotopic (exact) mass is 282 g/mol. The highest BCUT2D eigenvalue weighted by Crippen LogP contribution is 2.32. The molecule has 2 heteroatoms. The molecule has 3 aromatic rings. The quantitative estimate of drug-likeness (QED) is 0.653. The predicted molar refractivity (Wildman–Crippen MR) is 88.8 cm³/mol. The molecule has 1 heterocycles. The van der Waals surface area contributed by atoms with Crippen LogP contribution in [0.2, 0.25) is 0 Å². The van der Waals surface area contributed by atoms with Crippen LogP contribution in [0.3, 0.4) is 0 Å². The van der Waals surface area contributed by atoms with E-state index in [1.165, 1.54) is 0 Å². The highest BCUT2D eigenvalue weighted by atomic mass is 14.6. The summed E-state index contributed by atoms with van der Waals surface area (Å²) in [5.74, 6) is 0. The van der Waals surface area contributed by atoms with Crippen LogP contribution in [-0.2, 0) is 0 Å². The van der Waals surface area contributed by atoms with E-state index >= 15 is 0 Å². The van der Waals surface area contributed by atoms with Crippen LogP contribution in [0.4, 0.5) is 0 Å². The summed E-state index contributed by atoms with van der Waals surface area (Å²) in [6.45, 7) is 0. The first-order valence-corrected chi connectivity index (χ1v) is 7.05. The van der Waals surface area contributed by atoms with Crippen molar-refractivity contribution in [3.8, 4) is 17.2 Å². The van der Waals surface area contributed by atoms with E-state index in [1.807, 2.05) is 66.9 Å². The summed E-state index contributed by atoms with van der Waals surface area (Å²) in [6.07, 6.45) is 5.20. The first-order chi connectivity index (χ1) is 10.9. The molecular weight excluding hydrogens is 268 g/mol. The normalized spacial score (nSPS) is 11.0. The smallest absolute Gasteiger partial charge is 0.0918 e. The summed E-state index contributed by atoms with van der Waals surface area (Å²) < 4.78 is 0. The summed E-state index contributed by atoms with van der Waals surface area (Å²) >= 11 is 0. The molecule has 0 saturated heterocycles. The number of hydrogen-bond acceptors (Lipinski definition) is 2. The van der Waals surface area contributed by atoms with Crippen molar-refractivity contribution in [2.75, 3.05) is 0 Å². The zero-order valence-corrected chi connectivity index (χ0v) is 12.0. The molecule has 2 aromatic carbocycles. The lowest BCUT2D eigenvalue weighted by Crippen LogP contribution is -1.92. The van der Waals surface area contributed by atoms with E-state index in [0.29, 0.717) is 0 Å². The fourth-order valence-electron chi connectivity index (χ4n) is 2.49. The Morgan fingerprint density at radius 2 is 1.68 bits per heavy atom. The number of nitrogens with zero attached hydrogens (tertiary/aromatic N) is 2. The van der Waals surface area contributed by atoms with Gasteiger partial charge in [0.05, 0.1) is 6.07 Å². The third-order valence-electron chi connectivity index (χ3n) is 3.48. The maximum Gasteiger partial charge on any atom is 0.0918 e. The molecule has 0 aliphatic carbocycles. The Labute approximate surface area is 130 Å². The van der Waals surface area contributed by atoms with Gasteiger partial charge >= 0.3 is 0 Å². The zero-order chi connectivity index (χ0) is 15.2. The standard InChI is InChI=1S/C20H14N2/c21-13-12-19(16-7-2-1-3-8-16)20-11-5-4-10-18(20)17-9-6-14-22-15-17/h1-12,14-15H. The second kappa shape index (κ2) is 6.51. The summed E-state index contributed by atoms with van der Waals surface area (Å²) in [6, 6.07) is 24.2. The van der Waals surface area contributed by atoms with Gasteiger partial charge in [-0.1, -0.05) is 60.7 Å². The Morgan fingerprint density at radius 3 is 2.41 bits per heavy atom. The van der Waals surface area contributed by atoms with Gasteiger partial charge in [-0.25, -0.2) is 0 Å². The number of benzene rings is 2. The summed E-state index contributed by atoms with van der Waals surface area (Å²) in [5.41, 5.74) is 5.09. The largest absolute Gasteiger partial charge is 0.264 e. The lowest BCUT2D eigenvalue weighted by atomic mass is 9.91. The number of aromatic nitrogens is 1. The number of rotatable bonds is 3. The van der Waals surface area contributed by atoms with Crippen LogP contribution in [0.1, 0.15) is 11.1 Å². The molecule has 0 radical (unpaired) electrons. The third-order valence-corrected chi connectivity index (χ3v) is 3.48. The van der Waals surface area contributed by atoms with Gasteiger partial charge in [-0.2, -0.15) is 5.26 Å². The van der Waals surface area contributed by atoms with Gasteiger partial charge in [0.2, 0.25) is 0 Å². The topological polar surface area (TPSA) is 36.7 Å². The maximum atomic E-state index is 9.18. The van der Waals surface area contributed by atoms with Crippen molar-refractivity contribution in [1.29, 1.82) is 5.26 Å². The lowest BCUT2D eigenvalue weighted by molar-refractivity contribution is 1.33.